The highest BCUT2D eigenvalue weighted by Gasteiger charge is 2.13. The van der Waals surface area contributed by atoms with Gasteiger partial charge in [-0.1, -0.05) is 11.3 Å². The van der Waals surface area contributed by atoms with Crippen LogP contribution in [0.5, 0.6) is 5.19 Å². The number of rotatable bonds is 3. The summed E-state index contributed by atoms with van der Waals surface area (Å²) in [6.07, 6.45) is 2.51. The first-order valence-electron chi connectivity index (χ1n) is 4.55. The molecule has 4 nitrogen and oxygen atoms in total. The molecule has 0 saturated carbocycles. The molecule has 5 heteroatoms. The third-order valence-corrected chi connectivity index (χ3v) is 2.78. The lowest BCUT2D eigenvalue weighted by atomic mass is 10.0. The Balaban J connectivity index is 1.72. The van der Waals surface area contributed by atoms with Crippen LogP contribution in [0.4, 0.5) is 0 Å². The first-order chi connectivity index (χ1) is 6.45. The zero-order valence-corrected chi connectivity index (χ0v) is 8.22. The third-order valence-electron chi connectivity index (χ3n) is 2.18. The average molecular weight is 199 g/mol. The molecule has 0 amide bonds. The number of piperidine rings is 1. The number of hydrogen-bond acceptors (Lipinski definition) is 5. The first kappa shape index (κ1) is 8.90. The number of ether oxygens (including phenoxy) is 1. The van der Waals surface area contributed by atoms with Crippen molar-refractivity contribution in [3.63, 3.8) is 0 Å². The van der Waals surface area contributed by atoms with Crippen LogP contribution in [0.3, 0.4) is 0 Å². The van der Waals surface area contributed by atoms with Crippen molar-refractivity contribution in [2.24, 2.45) is 5.92 Å². The van der Waals surface area contributed by atoms with E-state index in [9.17, 15) is 0 Å². The van der Waals surface area contributed by atoms with Crippen molar-refractivity contribution in [1.82, 2.24) is 15.5 Å². The zero-order chi connectivity index (χ0) is 8.93. The average Bonchev–Trinajstić information content (AvgIpc) is 2.69. The van der Waals surface area contributed by atoms with E-state index in [4.69, 9.17) is 4.74 Å². The minimum absolute atomic E-state index is 0.637. The van der Waals surface area contributed by atoms with Crippen molar-refractivity contribution < 1.29 is 4.74 Å². The second-order valence-corrected chi connectivity index (χ2v) is 4.02. The zero-order valence-electron chi connectivity index (χ0n) is 7.40. The van der Waals surface area contributed by atoms with Gasteiger partial charge in [0.15, 0.2) is 0 Å². The van der Waals surface area contributed by atoms with Crippen LogP contribution in [0.2, 0.25) is 0 Å². The lowest BCUT2D eigenvalue weighted by Gasteiger charge is -2.21. The van der Waals surface area contributed by atoms with Crippen molar-refractivity contribution in [2.45, 2.75) is 12.8 Å². The van der Waals surface area contributed by atoms with Gasteiger partial charge in [-0.25, -0.2) is 0 Å². The van der Waals surface area contributed by atoms with E-state index in [1.165, 1.54) is 24.2 Å². The van der Waals surface area contributed by atoms with Crippen LogP contribution in [0, 0.1) is 5.92 Å². The predicted molar refractivity (Wildman–Crippen MR) is 51.0 cm³/mol. The molecule has 1 N–H and O–H groups in total. The molecule has 1 aromatic heterocycles. The molecule has 1 atom stereocenters. The molecule has 1 fully saturated rings. The molecule has 1 aliphatic rings. The lowest BCUT2D eigenvalue weighted by Crippen LogP contribution is -2.33. The number of aromatic nitrogens is 2. The van der Waals surface area contributed by atoms with Gasteiger partial charge in [0.2, 0.25) is 0 Å². The molecule has 13 heavy (non-hydrogen) atoms. The van der Waals surface area contributed by atoms with Crippen molar-refractivity contribution in [3.05, 3.63) is 5.51 Å². The molecule has 2 rings (SSSR count). The van der Waals surface area contributed by atoms with Crippen LogP contribution in [0.1, 0.15) is 12.8 Å². The van der Waals surface area contributed by atoms with Crippen molar-refractivity contribution >= 4 is 11.3 Å². The summed E-state index contributed by atoms with van der Waals surface area (Å²) >= 11 is 1.45. The summed E-state index contributed by atoms with van der Waals surface area (Å²) in [5, 5.41) is 11.6. The van der Waals surface area contributed by atoms with Gasteiger partial charge < -0.3 is 10.1 Å². The van der Waals surface area contributed by atoms with Crippen LogP contribution in [0.25, 0.3) is 0 Å². The Kier molecular flexibility index (Phi) is 3.10. The predicted octanol–water partition coefficient (Wildman–Crippen LogP) is 0.916. The molecule has 0 spiro atoms. The summed E-state index contributed by atoms with van der Waals surface area (Å²) in [5.74, 6) is 0.637. The molecule has 1 aliphatic heterocycles. The lowest BCUT2D eigenvalue weighted by molar-refractivity contribution is 0.216. The summed E-state index contributed by atoms with van der Waals surface area (Å²) in [6.45, 7) is 2.98. The minimum Gasteiger partial charge on any atom is -0.469 e. The maximum absolute atomic E-state index is 5.49. The van der Waals surface area contributed by atoms with Gasteiger partial charge in [-0.05, 0) is 19.4 Å². The van der Waals surface area contributed by atoms with E-state index in [0.29, 0.717) is 11.1 Å². The molecule has 0 radical (unpaired) electrons. The van der Waals surface area contributed by atoms with Gasteiger partial charge in [-0.3, -0.25) is 0 Å². The fourth-order valence-corrected chi connectivity index (χ4v) is 1.90. The molecule has 0 aliphatic carbocycles. The molecule has 0 bridgehead atoms. The van der Waals surface area contributed by atoms with Gasteiger partial charge in [0.05, 0.1) is 6.61 Å². The van der Waals surface area contributed by atoms with Gasteiger partial charge in [0, 0.05) is 12.5 Å². The molecule has 2 heterocycles. The monoisotopic (exact) mass is 199 g/mol. The van der Waals surface area contributed by atoms with E-state index in [2.05, 4.69) is 15.5 Å². The van der Waals surface area contributed by atoms with E-state index >= 15 is 0 Å². The maximum Gasteiger partial charge on any atom is 0.293 e. The molecule has 72 valence electrons. The Morgan fingerprint density at radius 3 is 3.38 bits per heavy atom. The first-order valence-corrected chi connectivity index (χ1v) is 5.43. The van der Waals surface area contributed by atoms with Crippen molar-refractivity contribution in [2.75, 3.05) is 19.7 Å². The highest BCUT2D eigenvalue weighted by atomic mass is 32.1. The number of nitrogens with one attached hydrogen (secondary N) is 1. The number of nitrogens with zero attached hydrogens (tertiary/aromatic N) is 2. The maximum atomic E-state index is 5.49. The molecule has 1 saturated heterocycles. The Morgan fingerprint density at radius 1 is 1.69 bits per heavy atom. The van der Waals surface area contributed by atoms with E-state index in [1.54, 1.807) is 5.51 Å². The largest absolute Gasteiger partial charge is 0.469 e. The topological polar surface area (TPSA) is 47.0 Å². The van der Waals surface area contributed by atoms with E-state index < -0.39 is 0 Å². The second kappa shape index (κ2) is 4.53. The summed E-state index contributed by atoms with van der Waals surface area (Å²) < 4.78 is 5.49. The quantitative estimate of drug-likeness (QED) is 0.786. The van der Waals surface area contributed by atoms with Crippen LogP contribution in [-0.2, 0) is 0 Å². The summed E-state index contributed by atoms with van der Waals surface area (Å²) in [4.78, 5) is 0. The molecule has 0 aromatic carbocycles. The molecular formula is C8H13N3OS. The smallest absolute Gasteiger partial charge is 0.293 e. The number of hydrogen-bond donors (Lipinski definition) is 1. The fourth-order valence-electron chi connectivity index (χ4n) is 1.48. The highest BCUT2D eigenvalue weighted by molar-refractivity contribution is 7.11. The van der Waals surface area contributed by atoms with Crippen LogP contribution >= 0.6 is 11.3 Å². The highest BCUT2D eigenvalue weighted by Crippen LogP contribution is 2.15. The van der Waals surface area contributed by atoms with Crippen LogP contribution in [0.15, 0.2) is 5.51 Å². The van der Waals surface area contributed by atoms with Gasteiger partial charge in [-0.2, -0.15) is 0 Å². The second-order valence-electron chi connectivity index (χ2n) is 3.23. The van der Waals surface area contributed by atoms with Gasteiger partial charge in [0.25, 0.3) is 5.19 Å². The Morgan fingerprint density at radius 2 is 2.69 bits per heavy atom. The molecular weight excluding hydrogens is 186 g/mol. The SMILES string of the molecule is c1nnc(OCC2CCCNC2)s1. The van der Waals surface area contributed by atoms with E-state index in [0.717, 1.165) is 19.7 Å². The van der Waals surface area contributed by atoms with Gasteiger partial charge in [0.1, 0.15) is 5.51 Å². The minimum atomic E-state index is 0.637. The third kappa shape index (κ3) is 2.63. The molecule has 1 aromatic rings. The van der Waals surface area contributed by atoms with Crippen molar-refractivity contribution in [1.29, 1.82) is 0 Å². The molecule has 1 unspecified atom stereocenters. The Labute approximate surface area is 81.3 Å². The summed E-state index contributed by atoms with van der Waals surface area (Å²) in [5.41, 5.74) is 1.69. The standard InChI is InChI=1S/C8H13N3OS/c1-2-7(4-9-3-1)5-12-8-11-10-6-13-8/h6-7,9H,1-5H2. The Hall–Kier alpha value is -0.680. The van der Waals surface area contributed by atoms with Crippen LogP contribution in [-0.4, -0.2) is 29.9 Å². The van der Waals surface area contributed by atoms with Crippen molar-refractivity contribution in [3.8, 4) is 5.19 Å². The van der Waals surface area contributed by atoms with E-state index in [-0.39, 0.29) is 0 Å². The summed E-state index contributed by atoms with van der Waals surface area (Å²) in [6, 6.07) is 0. The summed E-state index contributed by atoms with van der Waals surface area (Å²) in [7, 11) is 0. The van der Waals surface area contributed by atoms with Gasteiger partial charge >= 0.3 is 0 Å². The normalized spacial score (nSPS) is 22.9. The fraction of sp³-hybridized carbons (Fsp3) is 0.750. The van der Waals surface area contributed by atoms with Gasteiger partial charge in [-0.15, -0.1) is 10.2 Å². The Bertz CT molecular complexity index is 234. The van der Waals surface area contributed by atoms with Crippen LogP contribution < -0.4 is 10.1 Å². The van der Waals surface area contributed by atoms with E-state index in [1.807, 2.05) is 0 Å².